The van der Waals surface area contributed by atoms with Crippen LogP contribution in [0.4, 0.5) is 0 Å². The Morgan fingerprint density at radius 3 is 2.27 bits per heavy atom. The van der Waals surface area contributed by atoms with Crippen LogP contribution in [-0.4, -0.2) is 18.9 Å². The van der Waals surface area contributed by atoms with E-state index in [0.29, 0.717) is 37.2 Å². The minimum Gasteiger partial charge on any atom is -0.489 e. The molecule has 3 aromatic carbocycles. The lowest BCUT2D eigenvalue weighted by molar-refractivity contribution is -0.140. The highest BCUT2D eigenvalue weighted by Crippen LogP contribution is 2.28. The molecule has 0 heterocycles. The fraction of sp³-hybridized carbons (Fsp3) is 0.231. The van der Waals surface area contributed by atoms with E-state index in [2.05, 4.69) is 0 Å². The maximum absolute atomic E-state index is 13.3. The van der Waals surface area contributed by atoms with Gasteiger partial charge in [-0.2, -0.15) is 0 Å². The highest BCUT2D eigenvalue weighted by molar-refractivity contribution is 6.01. The fourth-order valence-corrected chi connectivity index (χ4v) is 3.37. The molecule has 3 aromatic rings. The molecule has 4 nitrogen and oxygen atoms in total. The molecule has 0 aromatic heterocycles. The number of methoxy groups -OCH3 is 1. The first-order valence-electron chi connectivity index (χ1n) is 10.1. The molecule has 0 amide bonds. The summed E-state index contributed by atoms with van der Waals surface area (Å²) in [7, 11) is 1.38. The van der Waals surface area contributed by atoms with E-state index in [1.54, 1.807) is 6.07 Å². The predicted octanol–water partition coefficient (Wildman–Crippen LogP) is 5.58. The monoisotopic (exact) mass is 402 g/mol. The minimum atomic E-state index is -0.319. The molecule has 0 fully saturated rings. The minimum absolute atomic E-state index is 0.0243. The summed E-state index contributed by atoms with van der Waals surface area (Å²) in [5.41, 5.74) is 2.62. The molecule has 154 valence electrons. The van der Waals surface area contributed by atoms with Crippen LogP contribution in [-0.2, 0) is 16.1 Å². The summed E-state index contributed by atoms with van der Waals surface area (Å²) < 4.78 is 10.6. The third-order valence-corrected chi connectivity index (χ3v) is 4.99. The van der Waals surface area contributed by atoms with Gasteiger partial charge in [0.15, 0.2) is 5.78 Å². The first-order chi connectivity index (χ1) is 14.7. The van der Waals surface area contributed by atoms with Crippen molar-refractivity contribution in [1.29, 1.82) is 0 Å². The van der Waals surface area contributed by atoms with Gasteiger partial charge in [-0.05, 0) is 36.1 Å². The zero-order valence-corrected chi connectivity index (χ0v) is 17.1. The van der Waals surface area contributed by atoms with Crippen molar-refractivity contribution in [1.82, 2.24) is 0 Å². The lowest BCUT2D eigenvalue weighted by Crippen LogP contribution is -2.14. The van der Waals surface area contributed by atoms with Gasteiger partial charge < -0.3 is 9.47 Å². The van der Waals surface area contributed by atoms with Crippen molar-refractivity contribution in [2.24, 2.45) is 0 Å². The number of hydrogen-bond acceptors (Lipinski definition) is 4. The van der Waals surface area contributed by atoms with E-state index in [-0.39, 0.29) is 17.7 Å². The third kappa shape index (κ3) is 6.05. The number of esters is 1. The van der Waals surface area contributed by atoms with Crippen LogP contribution in [0, 0.1) is 0 Å². The van der Waals surface area contributed by atoms with Gasteiger partial charge in [0, 0.05) is 17.9 Å². The van der Waals surface area contributed by atoms with E-state index in [9.17, 15) is 9.59 Å². The highest BCUT2D eigenvalue weighted by Gasteiger charge is 2.22. The number of hydrogen-bond donors (Lipinski definition) is 0. The SMILES string of the molecule is COC(=O)CCCC(C(=O)c1cccc(OCc2ccccc2)c1)c1ccccc1. The summed E-state index contributed by atoms with van der Waals surface area (Å²) in [6.45, 7) is 0.444. The molecule has 0 radical (unpaired) electrons. The number of ketones is 1. The van der Waals surface area contributed by atoms with Crippen molar-refractivity contribution in [3.63, 3.8) is 0 Å². The topological polar surface area (TPSA) is 52.6 Å². The summed E-state index contributed by atoms with van der Waals surface area (Å²) in [6.07, 6.45) is 1.46. The van der Waals surface area contributed by atoms with Crippen LogP contribution in [0.2, 0.25) is 0 Å². The van der Waals surface area contributed by atoms with Gasteiger partial charge >= 0.3 is 5.97 Å². The molecule has 0 aliphatic rings. The molecule has 0 aliphatic heterocycles. The average molecular weight is 402 g/mol. The normalized spacial score (nSPS) is 11.5. The molecule has 0 spiro atoms. The van der Waals surface area contributed by atoms with Crippen molar-refractivity contribution in [3.05, 3.63) is 102 Å². The van der Waals surface area contributed by atoms with E-state index < -0.39 is 0 Å². The molecule has 1 unspecified atom stereocenters. The van der Waals surface area contributed by atoms with Crippen molar-refractivity contribution >= 4 is 11.8 Å². The van der Waals surface area contributed by atoms with Gasteiger partial charge in [0.2, 0.25) is 0 Å². The number of carbonyl (C=O) groups is 2. The van der Waals surface area contributed by atoms with Crippen LogP contribution in [0.15, 0.2) is 84.9 Å². The second-order valence-electron chi connectivity index (χ2n) is 7.10. The standard InChI is InChI=1S/C26H26O4/c1-29-25(27)17-9-16-24(21-12-6-3-7-13-21)26(28)22-14-8-15-23(18-22)30-19-20-10-4-2-5-11-20/h2-8,10-15,18,24H,9,16-17,19H2,1H3. The molecule has 0 bridgehead atoms. The summed E-state index contributed by atoms with van der Waals surface area (Å²) in [6, 6.07) is 26.9. The summed E-state index contributed by atoms with van der Waals surface area (Å²) in [4.78, 5) is 24.8. The molecule has 3 rings (SSSR count). The van der Waals surface area contributed by atoms with Crippen LogP contribution < -0.4 is 4.74 Å². The predicted molar refractivity (Wildman–Crippen MR) is 117 cm³/mol. The zero-order chi connectivity index (χ0) is 21.2. The highest BCUT2D eigenvalue weighted by atomic mass is 16.5. The fourth-order valence-electron chi connectivity index (χ4n) is 3.37. The van der Waals surface area contributed by atoms with E-state index >= 15 is 0 Å². The summed E-state index contributed by atoms with van der Waals surface area (Å²) in [5, 5.41) is 0. The molecule has 0 aliphatic carbocycles. The second-order valence-corrected chi connectivity index (χ2v) is 7.10. The molecule has 0 saturated carbocycles. The molecule has 4 heteroatoms. The third-order valence-electron chi connectivity index (χ3n) is 4.99. The maximum atomic E-state index is 13.3. The van der Waals surface area contributed by atoms with Gasteiger partial charge in [-0.15, -0.1) is 0 Å². The smallest absolute Gasteiger partial charge is 0.305 e. The Balaban J connectivity index is 1.73. The van der Waals surface area contributed by atoms with Gasteiger partial charge in [0.05, 0.1) is 7.11 Å². The lowest BCUT2D eigenvalue weighted by Gasteiger charge is -2.17. The van der Waals surface area contributed by atoms with Gasteiger partial charge in [-0.25, -0.2) is 0 Å². The molecule has 0 saturated heterocycles. The Kier molecular flexibility index (Phi) is 7.78. The largest absolute Gasteiger partial charge is 0.489 e. The van der Waals surface area contributed by atoms with Crippen LogP contribution in [0.25, 0.3) is 0 Å². The zero-order valence-electron chi connectivity index (χ0n) is 17.1. The average Bonchev–Trinajstić information content (AvgIpc) is 2.81. The molecule has 30 heavy (non-hydrogen) atoms. The van der Waals surface area contributed by atoms with Crippen molar-refractivity contribution in [2.75, 3.05) is 7.11 Å². The van der Waals surface area contributed by atoms with E-state index in [4.69, 9.17) is 9.47 Å². The summed E-state index contributed by atoms with van der Waals surface area (Å²) in [5.74, 6) is 0.105. The Bertz CT molecular complexity index is 951. The van der Waals surface area contributed by atoms with E-state index in [0.717, 1.165) is 11.1 Å². The molecular formula is C26H26O4. The first-order valence-corrected chi connectivity index (χ1v) is 10.1. The van der Waals surface area contributed by atoms with Crippen molar-refractivity contribution < 1.29 is 19.1 Å². The van der Waals surface area contributed by atoms with Crippen LogP contribution in [0.5, 0.6) is 5.75 Å². The second kappa shape index (κ2) is 11.0. The maximum Gasteiger partial charge on any atom is 0.305 e. The van der Waals surface area contributed by atoms with Crippen LogP contribution in [0.1, 0.15) is 46.7 Å². The summed E-state index contributed by atoms with van der Waals surface area (Å²) >= 11 is 0. The number of ether oxygens (including phenoxy) is 2. The number of rotatable bonds is 10. The molecule has 1 atom stereocenters. The molecule has 0 N–H and O–H groups in total. The molecular weight excluding hydrogens is 376 g/mol. The Morgan fingerprint density at radius 1 is 0.867 bits per heavy atom. The Hall–Kier alpha value is -3.40. The number of Topliss-reactive ketones (excluding diaryl/α,β-unsaturated/α-hetero) is 1. The van der Waals surface area contributed by atoms with Crippen LogP contribution >= 0.6 is 0 Å². The quantitative estimate of drug-likeness (QED) is 0.328. The van der Waals surface area contributed by atoms with Gasteiger partial charge in [0.25, 0.3) is 0 Å². The van der Waals surface area contributed by atoms with Crippen LogP contribution in [0.3, 0.4) is 0 Å². The number of carbonyl (C=O) groups excluding carboxylic acids is 2. The van der Waals surface area contributed by atoms with Gasteiger partial charge in [-0.1, -0.05) is 72.8 Å². The van der Waals surface area contributed by atoms with Gasteiger partial charge in [0.1, 0.15) is 12.4 Å². The van der Waals surface area contributed by atoms with E-state index in [1.165, 1.54) is 7.11 Å². The Morgan fingerprint density at radius 2 is 1.57 bits per heavy atom. The van der Waals surface area contributed by atoms with E-state index in [1.807, 2.05) is 78.9 Å². The number of benzene rings is 3. The van der Waals surface area contributed by atoms with Crippen molar-refractivity contribution in [2.45, 2.75) is 31.8 Å². The first kappa shape index (κ1) is 21.3. The lowest BCUT2D eigenvalue weighted by atomic mass is 9.86. The van der Waals surface area contributed by atoms with Gasteiger partial charge in [-0.3, -0.25) is 9.59 Å². The van der Waals surface area contributed by atoms with Crippen molar-refractivity contribution in [3.8, 4) is 5.75 Å². The Labute approximate surface area is 177 Å².